The molecule has 0 saturated heterocycles. The van der Waals surface area contributed by atoms with Crippen LogP contribution in [0.25, 0.3) is 10.2 Å². The molecule has 3 aromatic rings. The van der Waals surface area contributed by atoms with Gasteiger partial charge in [-0.05, 0) is 11.4 Å². The molecule has 0 amide bonds. The molecule has 0 fully saturated rings. The van der Waals surface area contributed by atoms with Crippen molar-refractivity contribution in [2.45, 2.75) is 6.54 Å². The summed E-state index contributed by atoms with van der Waals surface area (Å²) in [6.45, 7) is 0.211. The fourth-order valence-electron chi connectivity index (χ4n) is 1.74. The van der Waals surface area contributed by atoms with Gasteiger partial charge in [0.2, 0.25) is 0 Å². The second-order valence-electron chi connectivity index (χ2n) is 3.95. The van der Waals surface area contributed by atoms with Gasteiger partial charge in [0, 0.05) is 7.05 Å². The van der Waals surface area contributed by atoms with Gasteiger partial charge in [-0.2, -0.15) is 5.10 Å². The van der Waals surface area contributed by atoms with E-state index in [1.165, 1.54) is 26.9 Å². The Morgan fingerprint density at radius 2 is 2.32 bits per heavy atom. The summed E-state index contributed by atoms with van der Waals surface area (Å²) in [6.07, 6.45) is 1.45. The smallest absolute Gasteiger partial charge is 0.308 e. The molecule has 0 radical (unpaired) electrons. The molecule has 0 saturated carbocycles. The van der Waals surface area contributed by atoms with Crippen LogP contribution in [0.1, 0.15) is 5.82 Å². The molecule has 8 nitrogen and oxygen atoms in total. The highest BCUT2D eigenvalue weighted by Crippen LogP contribution is 2.24. The van der Waals surface area contributed by atoms with Gasteiger partial charge >= 0.3 is 5.69 Å². The number of nitrogens with one attached hydrogen (secondary N) is 1. The third-order valence-electron chi connectivity index (χ3n) is 2.69. The van der Waals surface area contributed by atoms with Crippen molar-refractivity contribution in [2.24, 2.45) is 12.9 Å². The minimum atomic E-state index is -0.211. The predicted molar refractivity (Wildman–Crippen MR) is 71.8 cm³/mol. The van der Waals surface area contributed by atoms with Crippen LogP contribution in [0, 0.1) is 0 Å². The molecule has 98 valence electrons. The third-order valence-corrected chi connectivity index (χ3v) is 3.49. The Morgan fingerprint density at radius 1 is 1.47 bits per heavy atom. The predicted octanol–water partition coefficient (Wildman–Crippen LogP) is -0.0796. The maximum atomic E-state index is 11.7. The Hall–Kier alpha value is -2.26. The lowest BCUT2D eigenvalue weighted by Crippen LogP contribution is -2.24. The highest BCUT2D eigenvalue weighted by Gasteiger charge is 2.10. The first kappa shape index (κ1) is 11.8. The summed E-state index contributed by atoms with van der Waals surface area (Å²) in [4.78, 5) is 21.2. The van der Waals surface area contributed by atoms with Crippen LogP contribution in [0.4, 0.5) is 5.82 Å². The molecule has 0 unspecified atom stereocenters. The van der Waals surface area contributed by atoms with E-state index < -0.39 is 0 Å². The number of nitrogen functional groups attached to an aromatic ring is 1. The average Bonchev–Trinajstić information content (AvgIpc) is 2.99. The van der Waals surface area contributed by atoms with Crippen LogP contribution >= 0.6 is 11.3 Å². The van der Waals surface area contributed by atoms with Gasteiger partial charge in [-0.1, -0.05) is 0 Å². The number of rotatable bonds is 3. The van der Waals surface area contributed by atoms with E-state index in [4.69, 9.17) is 5.84 Å². The van der Waals surface area contributed by atoms with Gasteiger partial charge < -0.3 is 5.43 Å². The van der Waals surface area contributed by atoms with Crippen LogP contribution in [0.5, 0.6) is 0 Å². The fraction of sp³-hybridized carbons (Fsp3) is 0.200. The second kappa shape index (κ2) is 4.44. The summed E-state index contributed by atoms with van der Waals surface area (Å²) >= 11 is 1.49. The largest absolute Gasteiger partial charge is 0.345 e. The second-order valence-corrected chi connectivity index (χ2v) is 4.85. The zero-order chi connectivity index (χ0) is 13.4. The summed E-state index contributed by atoms with van der Waals surface area (Å²) in [7, 11) is 1.64. The van der Waals surface area contributed by atoms with Crippen molar-refractivity contribution in [3.05, 3.63) is 34.1 Å². The zero-order valence-corrected chi connectivity index (χ0v) is 10.9. The molecule has 19 heavy (non-hydrogen) atoms. The fourth-order valence-corrected chi connectivity index (χ4v) is 2.53. The van der Waals surface area contributed by atoms with Crippen molar-refractivity contribution in [1.29, 1.82) is 0 Å². The standard InChI is InChI=1S/C10H11N7OS/c1-16-5-12-17(10(16)18)4-7-13-8(15-11)6-2-3-19-9(6)14-7/h2-3,5H,4,11H2,1H3,(H,13,14,15). The molecule has 0 aliphatic carbocycles. The number of nitrogens with zero attached hydrogens (tertiary/aromatic N) is 5. The number of thiophene rings is 1. The Kier molecular flexibility index (Phi) is 2.76. The Labute approximate surface area is 111 Å². The SMILES string of the molecule is Cn1cnn(Cc2nc(NN)c3ccsc3n2)c1=O. The Bertz CT molecular complexity index is 787. The van der Waals surface area contributed by atoms with Gasteiger partial charge in [0.15, 0.2) is 11.6 Å². The highest BCUT2D eigenvalue weighted by atomic mass is 32.1. The number of aromatic nitrogens is 5. The van der Waals surface area contributed by atoms with Crippen LogP contribution < -0.4 is 17.0 Å². The highest BCUT2D eigenvalue weighted by molar-refractivity contribution is 7.16. The summed E-state index contributed by atoms with van der Waals surface area (Å²) in [5, 5.41) is 6.75. The number of aryl methyl sites for hydroxylation is 1. The van der Waals surface area contributed by atoms with Gasteiger partial charge in [0.1, 0.15) is 17.7 Å². The minimum absolute atomic E-state index is 0.211. The van der Waals surface area contributed by atoms with Crippen molar-refractivity contribution >= 4 is 27.4 Å². The first-order valence-electron chi connectivity index (χ1n) is 5.48. The number of hydrogen-bond acceptors (Lipinski definition) is 7. The molecule has 0 atom stereocenters. The van der Waals surface area contributed by atoms with Gasteiger partial charge in [-0.15, -0.1) is 11.3 Å². The van der Waals surface area contributed by atoms with Crippen LogP contribution in [0.3, 0.4) is 0 Å². The quantitative estimate of drug-likeness (QED) is 0.512. The summed E-state index contributed by atoms with van der Waals surface area (Å²) in [6, 6.07) is 1.89. The number of hydrogen-bond donors (Lipinski definition) is 2. The first-order valence-corrected chi connectivity index (χ1v) is 6.36. The molecule has 3 N–H and O–H groups in total. The molecular formula is C10H11N7OS. The van der Waals surface area contributed by atoms with E-state index in [0.717, 1.165) is 10.2 Å². The molecule has 9 heteroatoms. The van der Waals surface area contributed by atoms with E-state index >= 15 is 0 Å². The van der Waals surface area contributed by atoms with Gasteiger partial charge in [0.25, 0.3) is 0 Å². The van der Waals surface area contributed by atoms with Crippen molar-refractivity contribution < 1.29 is 0 Å². The van der Waals surface area contributed by atoms with Gasteiger partial charge in [-0.3, -0.25) is 4.57 Å². The molecular weight excluding hydrogens is 266 g/mol. The third kappa shape index (κ3) is 1.98. The van der Waals surface area contributed by atoms with Gasteiger partial charge in [-0.25, -0.2) is 25.3 Å². The molecule has 0 aliphatic heterocycles. The molecule has 0 aromatic carbocycles. The van der Waals surface area contributed by atoms with Crippen molar-refractivity contribution in [2.75, 3.05) is 5.43 Å². The summed E-state index contributed by atoms with van der Waals surface area (Å²) < 4.78 is 2.70. The molecule has 3 heterocycles. The molecule has 3 aromatic heterocycles. The van der Waals surface area contributed by atoms with E-state index in [1.807, 2.05) is 11.4 Å². The van der Waals surface area contributed by atoms with Crippen molar-refractivity contribution in [3.8, 4) is 0 Å². The number of hydrazine groups is 1. The molecule has 0 spiro atoms. The van der Waals surface area contributed by atoms with Crippen LogP contribution in [0.2, 0.25) is 0 Å². The topological polar surface area (TPSA) is 104 Å². The maximum Gasteiger partial charge on any atom is 0.345 e. The maximum absolute atomic E-state index is 11.7. The van der Waals surface area contributed by atoms with Gasteiger partial charge in [0.05, 0.1) is 5.39 Å². The summed E-state index contributed by atoms with van der Waals surface area (Å²) in [5.41, 5.74) is 2.33. The van der Waals surface area contributed by atoms with Crippen LogP contribution in [0.15, 0.2) is 22.6 Å². The zero-order valence-electron chi connectivity index (χ0n) is 10.1. The van der Waals surface area contributed by atoms with E-state index in [0.29, 0.717) is 11.6 Å². The molecule has 0 bridgehead atoms. The number of fused-ring (bicyclic) bond motifs is 1. The number of anilines is 1. The van der Waals surface area contributed by atoms with E-state index in [1.54, 1.807) is 7.05 Å². The van der Waals surface area contributed by atoms with Crippen LogP contribution in [-0.2, 0) is 13.6 Å². The number of nitrogens with two attached hydrogens (primary N) is 1. The average molecular weight is 277 g/mol. The van der Waals surface area contributed by atoms with E-state index in [-0.39, 0.29) is 12.2 Å². The Balaban J connectivity index is 2.05. The lowest BCUT2D eigenvalue weighted by atomic mass is 10.4. The monoisotopic (exact) mass is 277 g/mol. The van der Waals surface area contributed by atoms with E-state index in [2.05, 4.69) is 20.5 Å². The first-order chi connectivity index (χ1) is 9.19. The normalized spacial score (nSPS) is 11.1. The summed E-state index contributed by atoms with van der Waals surface area (Å²) in [5.74, 6) is 6.48. The van der Waals surface area contributed by atoms with E-state index in [9.17, 15) is 4.79 Å². The van der Waals surface area contributed by atoms with Crippen molar-refractivity contribution in [1.82, 2.24) is 24.3 Å². The molecule has 3 rings (SSSR count). The molecule has 0 aliphatic rings. The lowest BCUT2D eigenvalue weighted by Gasteiger charge is -2.04. The van der Waals surface area contributed by atoms with Crippen molar-refractivity contribution in [3.63, 3.8) is 0 Å². The lowest BCUT2D eigenvalue weighted by molar-refractivity contribution is 0.624. The Morgan fingerprint density at radius 3 is 3.00 bits per heavy atom. The minimum Gasteiger partial charge on any atom is -0.308 e. The van der Waals surface area contributed by atoms with Crippen LogP contribution in [-0.4, -0.2) is 24.3 Å².